The number of carbonyl (C=O) groups excluding carboxylic acids is 1. The van der Waals surface area contributed by atoms with Gasteiger partial charge in [-0.05, 0) is 36.2 Å². The lowest BCUT2D eigenvalue weighted by molar-refractivity contribution is -0.136. The van der Waals surface area contributed by atoms with E-state index in [1.165, 1.54) is 0 Å². The summed E-state index contributed by atoms with van der Waals surface area (Å²) in [6.07, 6.45) is 0.326. The van der Waals surface area contributed by atoms with Crippen molar-refractivity contribution in [2.24, 2.45) is 16.5 Å². The fourth-order valence-electron chi connectivity index (χ4n) is 2.16. The van der Waals surface area contributed by atoms with Crippen LogP contribution in [-0.4, -0.2) is 22.9 Å². The molecular weight excluding hydrogens is 308 g/mol. The zero-order valence-electron chi connectivity index (χ0n) is 12.9. The molecule has 0 atom stereocenters. The molecule has 7 heteroatoms. The largest absolute Gasteiger partial charge is 0.481 e. The molecule has 0 fully saturated rings. The van der Waals surface area contributed by atoms with Crippen LogP contribution in [-0.2, 0) is 11.2 Å². The van der Waals surface area contributed by atoms with E-state index in [1.807, 2.05) is 0 Å². The summed E-state index contributed by atoms with van der Waals surface area (Å²) in [5, 5.41) is 11.6. The summed E-state index contributed by atoms with van der Waals surface area (Å²) >= 11 is 0. The molecule has 6 N–H and O–H groups in total. The van der Waals surface area contributed by atoms with Crippen molar-refractivity contribution in [1.29, 1.82) is 0 Å². The minimum absolute atomic E-state index is 0.00708. The topological polar surface area (TPSA) is 131 Å². The molecule has 0 radical (unpaired) electrons. The normalized spacial score (nSPS) is 10.0. The van der Waals surface area contributed by atoms with E-state index in [0.717, 1.165) is 5.56 Å². The first-order valence-electron chi connectivity index (χ1n) is 7.26. The molecule has 0 bridgehead atoms. The van der Waals surface area contributed by atoms with Crippen LogP contribution in [0.4, 0.5) is 11.4 Å². The van der Waals surface area contributed by atoms with Crippen molar-refractivity contribution in [2.75, 3.05) is 5.32 Å². The molecule has 0 aromatic heterocycles. The van der Waals surface area contributed by atoms with Gasteiger partial charge in [-0.3, -0.25) is 9.59 Å². The Labute approximate surface area is 139 Å². The van der Waals surface area contributed by atoms with Crippen LogP contribution in [0.1, 0.15) is 22.3 Å². The second-order valence-corrected chi connectivity index (χ2v) is 5.09. The molecule has 0 unspecified atom stereocenters. The van der Waals surface area contributed by atoms with Crippen molar-refractivity contribution < 1.29 is 14.7 Å². The summed E-state index contributed by atoms with van der Waals surface area (Å²) in [5.74, 6) is -1.31. The quantitative estimate of drug-likeness (QED) is 0.475. The molecule has 0 aliphatic carbocycles. The van der Waals surface area contributed by atoms with E-state index in [9.17, 15) is 9.59 Å². The maximum atomic E-state index is 12.4. The van der Waals surface area contributed by atoms with E-state index in [2.05, 4.69) is 10.3 Å². The highest BCUT2D eigenvalue weighted by Crippen LogP contribution is 2.19. The number of guanidine groups is 1. The predicted molar refractivity (Wildman–Crippen MR) is 92.3 cm³/mol. The monoisotopic (exact) mass is 326 g/mol. The van der Waals surface area contributed by atoms with Crippen LogP contribution in [0.5, 0.6) is 0 Å². The number of aliphatic imine (C=N–C) groups is 1. The van der Waals surface area contributed by atoms with Crippen LogP contribution in [0.15, 0.2) is 53.5 Å². The molecule has 0 saturated heterocycles. The molecule has 2 aromatic carbocycles. The van der Waals surface area contributed by atoms with Crippen LogP contribution in [0.3, 0.4) is 0 Å². The third-order valence-electron chi connectivity index (χ3n) is 3.24. The number of benzene rings is 2. The number of nitrogens with zero attached hydrogens (tertiary/aromatic N) is 1. The average Bonchev–Trinajstić information content (AvgIpc) is 2.53. The van der Waals surface area contributed by atoms with Gasteiger partial charge in [-0.25, -0.2) is 4.99 Å². The maximum absolute atomic E-state index is 12.4. The highest BCUT2D eigenvalue weighted by atomic mass is 16.4. The van der Waals surface area contributed by atoms with Crippen LogP contribution in [0.2, 0.25) is 0 Å². The third kappa shape index (κ3) is 4.84. The van der Waals surface area contributed by atoms with Gasteiger partial charge in [-0.2, -0.15) is 0 Å². The number of amides is 1. The van der Waals surface area contributed by atoms with Gasteiger partial charge in [0, 0.05) is 17.7 Å². The number of carboxylic acid groups (broad SMARTS) is 1. The number of nitrogens with two attached hydrogens (primary N) is 2. The SMILES string of the molecule is NC(N)=Nc1cccc(C(=O)Nc2ccccc2CCC(=O)O)c1. The number of aryl methyl sites for hydroxylation is 1. The van der Waals surface area contributed by atoms with Crippen molar-refractivity contribution in [1.82, 2.24) is 0 Å². The van der Waals surface area contributed by atoms with Gasteiger partial charge in [0.1, 0.15) is 0 Å². The molecule has 0 aliphatic heterocycles. The predicted octanol–water partition coefficient (Wildman–Crippen LogP) is 1.86. The van der Waals surface area contributed by atoms with Gasteiger partial charge >= 0.3 is 5.97 Å². The van der Waals surface area contributed by atoms with E-state index >= 15 is 0 Å². The van der Waals surface area contributed by atoms with Gasteiger partial charge in [0.05, 0.1) is 5.69 Å². The number of hydrogen-bond acceptors (Lipinski definition) is 3. The zero-order chi connectivity index (χ0) is 17.5. The van der Waals surface area contributed by atoms with Gasteiger partial charge in [0.2, 0.25) is 0 Å². The molecule has 0 saturated carbocycles. The molecule has 2 rings (SSSR count). The molecular formula is C17H18N4O3. The number of carbonyl (C=O) groups is 2. The van der Waals surface area contributed by atoms with Crippen molar-refractivity contribution in [3.05, 3.63) is 59.7 Å². The van der Waals surface area contributed by atoms with Crippen molar-refractivity contribution in [3.63, 3.8) is 0 Å². The Kier molecular flexibility index (Phi) is 5.51. The first-order chi connectivity index (χ1) is 11.5. The Morgan fingerprint density at radius 3 is 2.54 bits per heavy atom. The lowest BCUT2D eigenvalue weighted by atomic mass is 10.1. The number of carboxylic acids is 1. The van der Waals surface area contributed by atoms with Gasteiger partial charge in [0.25, 0.3) is 5.91 Å². The zero-order valence-corrected chi connectivity index (χ0v) is 12.9. The molecule has 0 spiro atoms. The van der Waals surface area contributed by atoms with E-state index in [0.29, 0.717) is 23.4 Å². The number of hydrogen-bond donors (Lipinski definition) is 4. The molecule has 2 aromatic rings. The standard InChI is InChI=1S/C17H18N4O3/c18-17(19)20-13-6-3-5-12(10-13)16(24)21-14-7-2-1-4-11(14)8-9-15(22)23/h1-7,10H,8-9H2,(H,21,24)(H,22,23)(H4,18,19,20). The van der Waals surface area contributed by atoms with Gasteiger partial charge in [-0.1, -0.05) is 24.3 Å². The minimum atomic E-state index is -0.888. The van der Waals surface area contributed by atoms with Crippen LogP contribution in [0, 0.1) is 0 Å². The summed E-state index contributed by atoms with van der Waals surface area (Å²) in [6, 6.07) is 13.6. The van der Waals surface area contributed by atoms with Crippen LogP contribution < -0.4 is 16.8 Å². The lowest BCUT2D eigenvalue weighted by Gasteiger charge is -2.10. The van der Waals surface area contributed by atoms with Gasteiger partial charge in [0.15, 0.2) is 5.96 Å². The van der Waals surface area contributed by atoms with Crippen molar-refractivity contribution in [2.45, 2.75) is 12.8 Å². The first-order valence-corrected chi connectivity index (χ1v) is 7.26. The van der Waals surface area contributed by atoms with E-state index in [4.69, 9.17) is 16.6 Å². The smallest absolute Gasteiger partial charge is 0.303 e. The van der Waals surface area contributed by atoms with E-state index in [1.54, 1.807) is 48.5 Å². The lowest BCUT2D eigenvalue weighted by Crippen LogP contribution is -2.22. The second-order valence-electron chi connectivity index (χ2n) is 5.09. The van der Waals surface area contributed by atoms with Crippen molar-refractivity contribution in [3.8, 4) is 0 Å². The molecule has 1 amide bonds. The molecule has 124 valence electrons. The summed E-state index contributed by atoms with van der Waals surface area (Å²) in [7, 11) is 0. The highest BCUT2D eigenvalue weighted by Gasteiger charge is 2.10. The molecule has 7 nitrogen and oxygen atoms in total. The number of nitrogens with one attached hydrogen (secondary N) is 1. The third-order valence-corrected chi connectivity index (χ3v) is 3.24. The Hall–Kier alpha value is -3.35. The number of aliphatic carboxylic acids is 1. The Balaban J connectivity index is 2.18. The average molecular weight is 326 g/mol. The summed E-state index contributed by atoms with van der Waals surface area (Å²) in [5.41, 5.74) is 12.9. The number of rotatable bonds is 6. The summed E-state index contributed by atoms with van der Waals surface area (Å²) < 4.78 is 0. The summed E-state index contributed by atoms with van der Waals surface area (Å²) in [6.45, 7) is 0. The highest BCUT2D eigenvalue weighted by molar-refractivity contribution is 6.05. The van der Waals surface area contributed by atoms with Gasteiger partial charge < -0.3 is 21.9 Å². The number of anilines is 1. The fraction of sp³-hybridized carbons (Fsp3) is 0.118. The maximum Gasteiger partial charge on any atom is 0.303 e. The molecule has 24 heavy (non-hydrogen) atoms. The second kappa shape index (κ2) is 7.77. The molecule has 0 aliphatic rings. The Morgan fingerprint density at radius 2 is 1.83 bits per heavy atom. The van der Waals surface area contributed by atoms with Gasteiger partial charge in [-0.15, -0.1) is 0 Å². The van der Waals surface area contributed by atoms with Crippen molar-refractivity contribution >= 4 is 29.2 Å². The Morgan fingerprint density at radius 1 is 1.08 bits per heavy atom. The molecule has 0 heterocycles. The van der Waals surface area contributed by atoms with E-state index in [-0.39, 0.29) is 18.3 Å². The van der Waals surface area contributed by atoms with Crippen LogP contribution >= 0.6 is 0 Å². The first kappa shape index (κ1) is 17.0. The summed E-state index contributed by atoms with van der Waals surface area (Å²) in [4.78, 5) is 27.0. The van der Waals surface area contributed by atoms with E-state index < -0.39 is 5.97 Å². The number of para-hydroxylation sites is 1. The minimum Gasteiger partial charge on any atom is -0.481 e. The Bertz CT molecular complexity index is 783. The fourth-order valence-corrected chi connectivity index (χ4v) is 2.16. The van der Waals surface area contributed by atoms with Crippen LogP contribution in [0.25, 0.3) is 0 Å².